The molecule has 3 heterocycles. The lowest BCUT2D eigenvalue weighted by molar-refractivity contribution is -0.137. The molecule has 0 aromatic carbocycles. The van der Waals surface area contributed by atoms with Crippen LogP contribution in [0.4, 0.5) is 0 Å². The Labute approximate surface area is 162 Å². The third-order valence-electron chi connectivity index (χ3n) is 5.78. The fourth-order valence-electron chi connectivity index (χ4n) is 4.09. The highest BCUT2D eigenvalue weighted by molar-refractivity contribution is 5.89. The van der Waals surface area contributed by atoms with E-state index in [2.05, 4.69) is 23.4 Å². The number of amides is 2. The standard InChI is InChI=1S/C20H33N5O2/c1-5-6-7-16-14-25(22-21-16)17-8-10-23(11-9-17)19(27)15-12-18(26)24(13-15)20(2,3)4/h14-15,17H,5-13H2,1-4H3/t15-/m1/s1. The molecule has 0 bridgehead atoms. The molecule has 1 aromatic rings. The number of unbranched alkanes of at least 4 members (excludes halogenated alkanes) is 1. The van der Waals surface area contributed by atoms with E-state index in [9.17, 15) is 9.59 Å². The smallest absolute Gasteiger partial charge is 0.227 e. The van der Waals surface area contributed by atoms with Gasteiger partial charge in [-0.15, -0.1) is 5.10 Å². The summed E-state index contributed by atoms with van der Waals surface area (Å²) in [6.45, 7) is 10.3. The Kier molecular flexibility index (Phi) is 5.86. The van der Waals surface area contributed by atoms with Crippen molar-refractivity contribution >= 4 is 11.8 Å². The Morgan fingerprint density at radius 1 is 1.26 bits per heavy atom. The molecule has 3 rings (SSSR count). The van der Waals surface area contributed by atoms with Gasteiger partial charge in [-0.3, -0.25) is 9.59 Å². The van der Waals surface area contributed by atoms with E-state index in [4.69, 9.17) is 0 Å². The summed E-state index contributed by atoms with van der Waals surface area (Å²) in [4.78, 5) is 28.9. The molecule has 0 spiro atoms. The first-order valence-corrected chi connectivity index (χ1v) is 10.3. The van der Waals surface area contributed by atoms with Crippen LogP contribution in [0.15, 0.2) is 6.20 Å². The molecule has 7 nitrogen and oxygen atoms in total. The van der Waals surface area contributed by atoms with E-state index in [1.54, 1.807) is 0 Å². The Bertz CT molecular complexity index is 670. The van der Waals surface area contributed by atoms with Crippen LogP contribution in [-0.4, -0.2) is 61.8 Å². The minimum absolute atomic E-state index is 0.0953. The number of likely N-dealkylation sites (tertiary alicyclic amines) is 2. The second kappa shape index (κ2) is 7.98. The average molecular weight is 376 g/mol. The fourth-order valence-corrected chi connectivity index (χ4v) is 4.09. The minimum Gasteiger partial charge on any atom is -0.342 e. The first-order valence-electron chi connectivity index (χ1n) is 10.3. The summed E-state index contributed by atoms with van der Waals surface area (Å²) in [7, 11) is 0. The molecule has 2 aliphatic rings. The highest BCUT2D eigenvalue weighted by Crippen LogP contribution is 2.29. The van der Waals surface area contributed by atoms with Crippen molar-refractivity contribution in [3.63, 3.8) is 0 Å². The number of carbonyl (C=O) groups is 2. The Hall–Kier alpha value is -1.92. The number of aromatic nitrogens is 3. The highest BCUT2D eigenvalue weighted by Gasteiger charge is 2.41. The summed E-state index contributed by atoms with van der Waals surface area (Å²) < 4.78 is 1.98. The molecule has 2 fully saturated rings. The lowest BCUT2D eigenvalue weighted by Crippen LogP contribution is -2.45. The maximum Gasteiger partial charge on any atom is 0.227 e. The summed E-state index contributed by atoms with van der Waals surface area (Å²) in [5, 5.41) is 8.57. The predicted molar refractivity (Wildman–Crippen MR) is 103 cm³/mol. The molecule has 0 radical (unpaired) electrons. The van der Waals surface area contributed by atoms with Crippen LogP contribution in [0.5, 0.6) is 0 Å². The molecule has 2 saturated heterocycles. The van der Waals surface area contributed by atoms with Gasteiger partial charge in [0.05, 0.1) is 17.7 Å². The zero-order valence-corrected chi connectivity index (χ0v) is 17.1. The van der Waals surface area contributed by atoms with Gasteiger partial charge in [0, 0.05) is 37.8 Å². The minimum atomic E-state index is -0.221. The quantitative estimate of drug-likeness (QED) is 0.792. The third kappa shape index (κ3) is 4.50. The average Bonchev–Trinajstić information content (AvgIpc) is 3.26. The number of piperidine rings is 1. The van der Waals surface area contributed by atoms with Crippen molar-refractivity contribution in [2.24, 2.45) is 5.92 Å². The van der Waals surface area contributed by atoms with E-state index in [-0.39, 0.29) is 23.3 Å². The molecule has 0 saturated carbocycles. The van der Waals surface area contributed by atoms with Gasteiger partial charge in [0.2, 0.25) is 11.8 Å². The summed E-state index contributed by atoms with van der Waals surface area (Å²) in [6, 6.07) is 0.313. The zero-order valence-electron chi connectivity index (χ0n) is 17.1. The van der Waals surface area contributed by atoms with Gasteiger partial charge in [-0.05, 0) is 46.5 Å². The molecular weight excluding hydrogens is 342 g/mol. The van der Waals surface area contributed by atoms with Crippen molar-refractivity contribution in [2.45, 2.75) is 77.8 Å². The van der Waals surface area contributed by atoms with Crippen molar-refractivity contribution in [3.05, 3.63) is 11.9 Å². The first kappa shape index (κ1) is 19.8. The van der Waals surface area contributed by atoms with E-state index in [1.165, 1.54) is 0 Å². The number of hydrogen-bond donors (Lipinski definition) is 0. The van der Waals surface area contributed by atoms with Gasteiger partial charge < -0.3 is 9.80 Å². The van der Waals surface area contributed by atoms with Gasteiger partial charge in [-0.25, -0.2) is 4.68 Å². The number of carbonyl (C=O) groups excluding carboxylic acids is 2. The summed E-state index contributed by atoms with van der Waals surface area (Å²) >= 11 is 0. The molecule has 0 unspecified atom stereocenters. The molecule has 27 heavy (non-hydrogen) atoms. The Balaban J connectivity index is 1.52. The van der Waals surface area contributed by atoms with Crippen LogP contribution in [0.3, 0.4) is 0 Å². The van der Waals surface area contributed by atoms with E-state index in [0.29, 0.717) is 19.0 Å². The molecular formula is C20H33N5O2. The largest absolute Gasteiger partial charge is 0.342 e. The first-order chi connectivity index (χ1) is 12.8. The van der Waals surface area contributed by atoms with Crippen LogP contribution >= 0.6 is 0 Å². The zero-order chi connectivity index (χ0) is 19.6. The monoisotopic (exact) mass is 375 g/mol. The molecule has 2 amide bonds. The van der Waals surface area contributed by atoms with Crippen LogP contribution in [0.25, 0.3) is 0 Å². The van der Waals surface area contributed by atoms with Crippen molar-refractivity contribution in [1.29, 1.82) is 0 Å². The van der Waals surface area contributed by atoms with Crippen molar-refractivity contribution in [1.82, 2.24) is 24.8 Å². The highest BCUT2D eigenvalue weighted by atomic mass is 16.2. The molecule has 0 aliphatic carbocycles. The van der Waals surface area contributed by atoms with Crippen molar-refractivity contribution < 1.29 is 9.59 Å². The van der Waals surface area contributed by atoms with Gasteiger partial charge in [-0.2, -0.15) is 0 Å². The van der Waals surface area contributed by atoms with Gasteiger partial charge in [0.15, 0.2) is 0 Å². The second-order valence-corrected chi connectivity index (χ2v) is 8.93. The molecule has 150 valence electrons. The number of hydrogen-bond acceptors (Lipinski definition) is 4. The van der Waals surface area contributed by atoms with Gasteiger partial charge in [-0.1, -0.05) is 18.6 Å². The summed E-state index contributed by atoms with van der Waals surface area (Å²) in [5.74, 6) is 0.0361. The molecule has 1 aromatic heterocycles. The maximum absolute atomic E-state index is 12.9. The topological polar surface area (TPSA) is 71.3 Å². The van der Waals surface area contributed by atoms with E-state index in [1.807, 2.05) is 35.3 Å². The van der Waals surface area contributed by atoms with E-state index in [0.717, 1.165) is 50.9 Å². The van der Waals surface area contributed by atoms with Gasteiger partial charge >= 0.3 is 0 Å². The maximum atomic E-state index is 12.9. The number of rotatable bonds is 5. The van der Waals surface area contributed by atoms with Crippen LogP contribution in [-0.2, 0) is 16.0 Å². The predicted octanol–water partition coefficient (Wildman–Crippen LogP) is 2.43. The SMILES string of the molecule is CCCCc1cn(C2CCN(C(=O)[C@@H]3CC(=O)N(C(C)(C)C)C3)CC2)nn1. The number of nitrogens with zero attached hydrogens (tertiary/aromatic N) is 5. The van der Waals surface area contributed by atoms with E-state index >= 15 is 0 Å². The van der Waals surface area contributed by atoms with Gasteiger partial charge in [0.25, 0.3) is 0 Å². The number of aryl methyl sites for hydroxylation is 1. The lowest BCUT2D eigenvalue weighted by Gasteiger charge is -2.34. The fraction of sp³-hybridized carbons (Fsp3) is 0.800. The van der Waals surface area contributed by atoms with Crippen LogP contribution in [0, 0.1) is 5.92 Å². The van der Waals surface area contributed by atoms with Crippen molar-refractivity contribution in [2.75, 3.05) is 19.6 Å². The summed E-state index contributed by atoms with van der Waals surface area (Å²) in [5.41, 5.74) is 0.837. The lowest BCUT2D eigenvalue weighted by atomic mass is 10.0. The summed E-state index contributed by atoms with van der Waals surface area (Å²) in [6.07, 6.45) is 7.47. The molecule has 1 atom stereocenters. The normalized spacial score (nSPS) is 21.9. The molecule has 7 heteroatoms. The van der Waals surface area contributed by atoms with Crippen LogP contribution < -0.4 is 0 Å². The Morgan fingerprint density at radius 2 is 1.96 bits per heavy atom. The van der Waals surface area contributed by atoms with Crippen LogP contribution in [0.2, 0.25) is 0 Å². The van der Waals surface area contributed by atoms with Crippen molar-refractivity contribution in [3.8, 4) is 0 Å². The van der Waals surface area contributed by atoms with Gasteiger partial charge in [0.1, 0.15) is 0 Å². The molecule has 0 N–H and O–H groups in total. The third-order valence-corrected chi connectivity index (χ3v) is 5.78. The Morgan fingerprint density at radius 3 is 2.56 bits per heavy atom. The van der Waals surface area contributed by atoms with E-state index < -0.39 is 0 Å². The molecule has 2 aliphatic heterocycles. The van der Waals surface area contributed by atoms with Crippen LogP contribution in [0.1, 0.15) is 71.5 Å². The second-order valence-electron chi connectivity index (χ2n) is 8.93.